The van der Waals surface area contributed by atoms with Gasteiger partial charge in [-0.3, -0.25) is 14.6 Å². The van der Waals surface area contributed by atoms with Crippen molar-refractivity contribution in [3.05, 3.63) is 52.2 Å². The smallest absolute Gasteiger partial charge is 0.303 e. The minimum absolute atomic E-state index is 0.0442. The lowest BCUT2D eigenvalue weighted by molar-refractivity contribution is -0.139. The van der Waals surface area contributed by atoms with Gasteiger partial charge in [0.25, 0.3) is 0 Å². The van der Waals surface area contributed by atoms with Crippen LogP contribution in [0.1, 0.15) is 36.0 Å². The Bertz CT molecular complexity index is 1240. The number of carbonyl (C=O) groups excluding carboxylic acids is 1. The average molecular weight is 551 g/mol. The van der Waals surface area contributed by atoms with Crippen molar-refractivity contribution in [1.29, 1.82) is 0 Å². The van der Waals surface area contributed by atoms with Gasteiger partial charge in [-0.2, -0.15) is 0 Å². The number of halogens is 2. The maximum atomic E-state index is 13.7. The third-order valence-electron chi connectivity index (χ3n) is 6.69. The summed E-state index contributed by atoms with van der Waals surface area (Å²) in [5.41, 5.74) is 1.10. The van der Waals surface area contributed by atoms with Crippen molar-refractivity contribution in [2.45, 2.75) is 29.9 Å². The molecular weight excluding hydrogens is 523 g/mol. The number of carboxylic acid groups (broad SMARTS) is 1. The third kappa shape index (κ3) is 6.56. The van der Waals surface area contributed by atoms with E-state index in [2.05, 4.69) is 9.88 Å². The number of nitrogens with zero attached hydrogens (tertiary/aromatic N) is 2. The Hall–Kier alpha value is -2.20. The predicted molar refractivity (Wildman–Crippen MR) is 142 cm³/mol. The van der Waals surface area contributed by atoms with Crippen LogP contribution >= 0.6 is 34.7 Å². The van der Waals surface area contributed by atoms with Crippen molar-refractivity contribution >= 4 is 57.4 Å². The zero-order chi connectivity index (χ0) is 25.7. The first-order chi connectivity index (χ1) is 17.4. The lowest BCUT2D eigenvalue weighted by atomic mass is 9.79. The fraction of sp³-hybridized carbons (Fsp3) is 0.423. The summed E-state index contributed by atoms with van der Waals surface area (Å²) in [7, 11) is 1.56. The van der Waals surface area contributed by atoms with E-state index < -0.39 is 5.97 Å². The molecule has 1 aromatic carbocycles. The van der Waals surface area contributed by atoms with Crippen LogP contribution in [0.2, 0.25) is 5.02 Å². The van der Waals surface area contributed by atoms with Gasteiger partial charge in [0.05, 0.1) is 21.9 Å². The zero-order valence-corrected chi connectivity index (χ0v) is 22.3. The SMILES string of the molecule is COc1ccc2ncc(Cl)c(C(=O)CC[C@@H]3CCN(CCSc4sccc4F)C[C@@H]3CC(=O)O)c2c1. The number of benzene rings is 1. The van der Waals surface area contributed by atoms with Gasteiger partial charge in [0.1, 0.15) is 11.6 Å². The number of fused-ring (bicyclic) bond motifs is 1. The first-order valence-corrected chi connectivity index (χ1v) is 14.1. The number of hydrogen-bond donors (Lipinski definition) is 1. The van der Waals surface area contributed by atoms with Crippen LogP contribution < -0.4 is 4.74 Å². The molecule has 0 amide bonds. The standard InChI is InChI=1S/C26H28ClFN2O4S2/c1-34-18-3-4-22-19(13-18)25(20(27)14-29-22)23(31)5-2-16-6-8-30(15-17(16)12-24(32)33)9-11-36-26-21(28)7-10-35-26/h3-4,7,10,13-14,16-17H,2,5-6,8-9,11-12,15H2,1H3,(H,32,33)/t16-,17+/m1/s1. The molecule has 0 radical (unpaired) electrons. The number of Topliss-reactive ketones (excluding diaryl/α,β-unsaturated/α-hetero) is 1. The largest absolute Gasteiger partial charge is 0.497 e. The number of likely N-dealkylation sites (tertiary alicyclic amines) is 1. The van der Waals surface area contributed by atoms with Crippen LogP contribution in [0.25, 0.3) is 10.9 Å². The number of methoxy groups -OCH3 is 1. The van der Waals surface area contributed by atoms with Crippen molar-refractivity contribution in [2.24, 2.45) is 11.8 Å². The van der Waals surface area contributed by atoms with Gasteiger partial charge in [-0.1, -0.05) is 11.6 Å². The van der Waals surface area contributed by atoms with Crippen LogP contribution in [0, 0.1) is 17.7 Å². The average Bonchev–Trinajstić information content (AvgIpc) is 3.27. The van der Waals surface area contributed by atoms with Gasteiger partial charge in [0, 0.05) is 48.8 Å². The number of carboxylic acids is 1. The number of carbonyl (C=O) groups is 2. The molecule has 36 heavy (non-hydrogen) atoms. The van der Waals surface area contributed by atoms with Crippen LogP contribution in [-0.2, 0) is 4.79 Å². The summed E-state index contributed by atoms with van der Waals surface area (Å²) in [6.07, 6.45) is 3.27. The number of piperidine rings is 1. The summed E-state index contributed by atoms with van der Waals surface area (Å²) in [6, 6.07) is 6.83. The van der Waals surface area contributed by atoms with Crippen molar-refractivity contribution in [1.82, 2.24) is 9.88 Å². The van der Waals surface area contributed by atoms with Gasteiger partial charge in [-0.15, -0.1) is 23.1 Å². The molecule has 0 unspecified atom stereocenters. The highest BCUT2D eigenvalue weighted by molar-refractivity contribution is 8.01. The van der Waals surface area contributed by atoms with Gasteiger partial charge in [-0.25, -0.2) is 4.39 Å². The number of hydrogen-bond acceptors (Lipinski definition) is 7. The van der Waals surface area contributed by atoms with Crippen LogP contribution in [0.15, 0.2) is 40.1 Å². The lowest BCUT2D eigenvalue weighted by Gasteiger charge is -2.38. The number of aliphatic carboxylic acids is 1. The Morgan fingerprint density at radius 1 is 1.33 bits per heavy atom. The molecule has 2 atom stereocenters. The Labute approximate surface area is 222 Å². The maximum Gasteiger partial charge on any atom is 0.303 e. The Kier molecular flexibility index (Phi) is 9.22. The molecule has 2 aromatic heterocycles. The quantitative estimate of drug-likeness (QED) is 0.223. The second-order valence-corrected chi connectivity index (χ2v) is 11.6. The van der Waals surface area contributed by atoms with Crippen molar-refractivity contribution in [3.8, 4) is 5.75 Å². The van der Waals surface area contributed by atoms with Gasteiger partial charge in [0.15, 0.2) is 5.78 Å². The number of aromatic nitrogens is 1. The molecule has 4 rings (SSSR count). The van der Waals surface area contributed by atoms with E-state index in [0.717, 1.165) is 25.3 Å². The van der Waals surface area contributed by atoms with E-state index >= 15 is 0 Å². The molecule has 1 N–H and O–H groups in total. The highest BCUT2D eigenvalue weighted by Gasteiger charge is 2.31. The highest BCUT2D eigenvalue weighted by Crippen LogP contribution is 2.34. The molecule has 1 fully saturated rings. The predicted octanol–water partition coefficient (Wildman–Crippen LogP) is 6.27. The summed E-state index contributed by atoms with van der Waals surface area (Å²) in [6.45, 7) is 2.26. The summed E-state index contributed by atoms with van der Waals surface area (Å²) in [4.78, 5) is 31.4. The molecule has 10 heteroatoms. The van der Waals surface area contributed by atoms with Crippen LogP contribution in [0.4, 0.5) is 4.39 Å². The van der Waals surface area contributed by atoms with Gasteiger partial charge in [0.2, 0.25) is 0 Å². The van der Waals surface area contributed by atoms with Crippen LogP contribution in [0.5, 0.6) is 5.75 Å². The molecule has 1 aliphatic rings. The fourth-order valence-electron chi connectivity index (χ4n) is 4.84. The van der Waals surface area contributed by atoms with Crippen LogP contribution in [-0.4, -0.2) is 59.2 Å². The van der Waals surface area contributed by atoms with Gasteiger partial charge >= 0.3 is 5.97 Å². The van der Waals surface area contributed by atoms with E-state index in [-0.39, 0.29) is 36.3 Å². The molecule has 0 spiro atoms. The summed E-state index contributed by atoms with van der Waals surface area (Å²) < 4.78 is 19.7. The summed E-state index contributed by atoms with van der Waals surface area (Å²) in [5, 5.41) is 12.2. The molecule has 0 aliphatic carbocycles. The van der Waals surface area contributed by atoms with Gasteiger partial charge in [-0.05, 0) is 60.9 Å². The number of thiophene rings is 1. The molecule has 192 valence electrons. The first-order valence-electron chi connectivity index (χ1n) is 11.8. The van der Waals surface area contributed by atoms with E-state index in [1.54, 1.807) is 30.7 Å². The van der Waals surface area contributed by atoms with Crippen molar-refractivity contribution in [2.75, 3.05) is 32.5 Å². The number of ether oxygens (including phenoxy) is 1. The van der Waals surface area contributed by atoms with Crippen molar-refractivity contribution in [3.63, 3.8) is 0 Å². The van der Waals surface area contributed by atoms with E-state index in [0.29, 0.717) is 44.4 Å². The second kappa shape index (κ2) is 12.4. The minimum Gasteiger partial charge on any atom is -0.497 e. The van der Waals surface area contributed by atoms with Crippen LogP contribution in [0.3, 0.4) is 0 Å². The second-order valence-electron chi connectivity index (χ2n) is 8.94. The molecule has 3 heterocycles. The zero-order valence-electron chi connectivity index (χ0n) is 19.9. The molecule has 3 aromatic rings. The third-order valence-corrected chi connectivity index (χ3v) is 9.14. The fourth-order valence-corrected chi connectivity index (χ4v) is 7.02. The molecule has 0 bridgehead atoms. The molecular formula is C26H28ClFN2O4S2. The molecule has 1 aliphatic heterocycles. The molecule has 1 saturated heterocycles. The van der Waals surface area contributed by atoms with E-state index in [1.165, 1.54) is 35.4 Å². The number of pyridine rings is 1. The molecule has 0 saturated carbocycles. The Morgan fingerprint density at radius 2 is 2.17 bits per heavy atom. The molecule has 6 nitrogen and oxygen atoms in total. The van der Waals surface area contributed by atoms with Gasteiger partial charge < -0.3 is 14.7 Å². The summed E-state index contributed by atoms with van der Waals surface area (Å²) in [5.74, 6) is 0.363. The Morgan fingerprint density at radius 3 is 2.89 bits per heavy atom. The maximum absolute atomic E-state index is 13.7. The highest BCUT2D eigenvalue weighted by atomic mass is 35.5. The Balaban J connectivity index is 1.39. The number of rotatable bonds is 11. The normalized spacial score (nSPS) is 18.4. The number of thioether (sulfide) groups is 1. The number of ketones is 1. The monoisotopic (exact) mass is 550 g/mol. The van der Waals surface area contributed by atoms with Crippen molar-refractivity contribution < 1.29 is 23.8 Å². The summed E-state index contributed by atoms with van der Waals surface area (Å²) >= 11 is 9.28. The first kappa shape index (κ1) is 26.9. The minimum atomic E-state index is -0.830. The van der Waals surface area contributed by atoms with E-state index in [4.69, 9.17) is 16.3 Å². The topological polar surface area (TPSA) is 79.7 Å². The van der Waals surface area contributed by atoms with E-state index in [9.17, 15) is 19.1 Å². The lowest BCUT2D eigenvalue weighted by Crippen LogP contribution is -2.42. The van der Waals surface area contributed by atoms with E-state index in [1.807, 2.05) is 0 Å².